The van der Waals surface area contributed by atoms with Crippen LogP contribution in [-0.4, -0.2) is 40.4 Å². The van der Waals surface area contributed by atoms with E-state index in [1.54, 1.807) is 16.7 Å². The standard InChI is InChI=1S/C21H22F3N3O2/c1-26(10-4-6-14-5-2-8-17(11-14)29-21(22,23)24)16-12-15-7-3-9-18-19(15)27(13-16)20(28)25-18/h2-3,5,7-9,11,16H,4,6,10,12-13H2,1H3,(H,25,28)/t16-/m1/s1. The number of nitrogens with one attached hydrogen (secondary N) is 1. The van der Waals surface area contributed by atoms with Crippen LogP contribution < -0.4 is 10.4 Å². The minimum absolute atomic E-state index is 0.0907. The molecular weight excluding hydrogens is 383 g/mol. The Morgan fingerprint density at radius 3 is 2.83 bits per heavy atom. The summed E-state index contributed by atoms with van der Waals surface area (Å²) in [6.07, 6.45) is -2.38. The number of likely N-dealkylation sites (N-methyl/N-ethyl adjacent to an activating group) is 1. The summed E-state index contributed by atoms with van der Waals surface area (Å²) in [5.74, 6) is -0.192. The van der Waals surface area contributed by atoms with Gasteiger partial charge in [-0.25, -0.2) is 4.79 Å². The molecule has 1 N–H and O–H groups in total. The van der Waals surface area contributed by atoms with Gasteiger partial charge in [0.1, 0.15) is 5.75 Å². The summed E-state index contributed by atoms with van der Waals surface area (Å²) in [6.45, 7) is 1.40. The van der Waals surface area contributed by atoms with Crippen molar-refractivity contribution in [3.63, 3.8) is 0 Å². The molecule has 0 unspecified atom stereocenters. The third-order valence-corrected chi connectivity index (χ3v) is 5.46. The van der Waals surface area contributed by atoms with Gasteiger partial charge >= 0.3 is 12.1 Å². The van der Waals surface area contributed by atoms with E-state index in [0.29, 0.717) is 13.0 Å². The molecule has 0 aliphatic carbocycles. The zero-order chi connectivity index (χ0) is 20.6. The van der Waals surface area contributed by atoms with Crippen LogP contribution >= 0.6 is 0 Å². The van der Waals surface area contributed by atoms with Crippen LogP contribution in [0.15, 0.2) is 47.3 Å². The first-order valence-corrected chi connectivity index (χ1v) is 9.55. The van der Waals surface area contributed by atoms with Crippen molar-refractivity contribution < 1.29 is 17.9 Å². The van der Waals surface area contributed by atoms with E-state index in [4.69, 9.17) is 0 Å². The van der Waals surface area contributed by atoms with Gasteiger partial charge in [-0.2, -0.15) is 0 Å². The molecule has 2 aromatic carbocycles. The summed E-state index contributed by atoms with van der Waals surface area (Å²) in [5.41, 5.74) is 3.73. The van der Waals surface area contributed by atoms with Gasteiger partial charge in [0.2, 0.25) is 0 Å². The average molecular weight is 405 g/mol. The highest BCUT2D eigenvalue weighted by Crippen LogP contribution is 2.26. The van der Waals surface area contributed by atoms with E-state index in [-0.39, 0.29) is 17.5 Å². The molecule has 2 heterocycles. The number of para-hydroxylation sites is 1. The number of halogens is 3. The maximum Gasteiger partial charge on any atom is 0.573 e. The molecule has 4 rings (SSSR count). The number of imidazole rings is 1. The third-order valence-electron chi connectivity index (χ3n) is 5.46. The molecule has 0 amide bonds. The van der Waals surface area contributed by atoms with Crippen molar-refractivity contribution in [2.45, 2.75) is 38.2 Å². The van der Waals surface area contributed by atoms with Gasteiger partial charge in [0, 0.05) is 12.6 Å². The van der Waals surface area contributed by atoms with Crippen molar-refractivity contribution in [1.29, 1.82) is 0 Å². The fraction of sp³-hybridized carbons (Fsp3) is 0.381. The number of aromatic nitrogens is 2. The van der Waals surface area contributed by atoms with E-state index in [2.05, 4.69) is 20.7 Å². The average Bonchev–Trinajstić information content (AvgIpc) is 2.98. The molecule has 29 heavy (non-hydrogen) atoms. The van der Waals surface area contributed by atoms with Gasteiger partial charge < -0.3 is 14.6 Å². The number of hydrogen-bond acceptors (Lipinski definition) is 3. The van der Waals surface area contributed by atoms with Crippen LogP contribution in [0.3, 0.4) is 0 Å². The molecule has 0 fully saturated rings. The lowest BCUT2D eigenvalue weighted by Crippen LogP contribution is -2.42. The van der Waals surface area contributed by atoms with E-state index in [9.17, 15) is 18.0 Å². The number of H-pyrrole nitrogens is 1. The van der Waals surface area contributed by atoms with Gasteiger partial charge in [0.25, 0.3) is 0 Å². The Kier molecular flexibility index (Phi) is 5.12. The number of aryl methyl sites for hydroxylation is 1. The summed E-state index contributed by atoms with van der Waals surface area (Å²) in [7, 11) is 2.02. The first-order valence-electron chi connectivity index (χ1n) is 9.55. The monoisotopic (exact) mass is 405 g/mol. The second kappa shape index (κ2) is 7.59. The van der Waals surface area contributed by atoms with Crippen LogP contribution in [0, 0.1) is 0 Å². The van der Waals surface area contributed by atoms with Crippen LogP contribution in [0.1, 0.15) is 17.5 Å². The van der Waals surface area contributed by atoms with Gasteiger partial charge in [-0.15, -0.1) is 13.2 Å². The van der Waals surface area contributed by atoms with Crippen molar-refractivity contribution >= 4 is 11.0 Å². The Hall–Kier alpha value is -2.74. The number of alkyl halides is 3. The molecule has 0 spiro atoms. The summed E-state index contributed by atoms with van der Waals surface area (Å²) >= 11 is 0. The maximum atomic E-state index is 12.4. The van der Waals surface area contributed by atoms with Gasteiger partial charge in [0.15, 0.2) is 0 Å². The lowest BCUT2D eigenvalue weighted by atomic mass is 9.99. The van der Waals surface area contributed by atoms with Crippen molar-refractivity contribution in [2.24, 2.45) is 0 Å². The number of nitrogens with zero attached hydrogens (tertiary/aromatic N) is 2. The second-order valence-electron chi connectivity index (χ2n) is 7.49. The number of hydrogen-bond donors (Lipinski definition) is 1. The van der Waals surface area contributed by atoms with E-state index in [1.807, 2.05) is 19.2 Å². The highest BCUT2D eigenvalue weighted by molar-refractivity contribution is 5.79. The highest BCUT2D eigenvalue weighted by atomic mass is 19.4. The first-order chi connectivity index (χ1) is 13.8. The molecule has 5 nitrogen and oxygen atoms in total. The molecule has 8 heteroatoms. The molecular formula is C21H22F3N3O2. The van der Waals surface area contributed by atoms with Gasteiger partial charge in [-0.1, -0.05) is 24.3 Å². The number of aromatic amines is 1. The second-order valence-corrected chi connectivity index (χ2v) is 7.49. The largest absolute Gasteiger partial charge is 0.573 e. The number of rotatable bonds is 6. The Labute approximate surface area is 165 Å². The van der Waals surface area contributed by atoms with Crippen molar-refractivity contribution in [3.8, 4) is 5.75 Å². The summed E-state index contributed by atoms with van der Waals surface area (Å²) in [6, 6.07) is 12.2. The molecule has 0 radical (unpaired) electrons. The van der Waals surface area contributed by atoms with Crippen LogP contribution in [-0.2, 0) is 19.4 Å². The molecule has 1 aromatic heterocycles. The van der Waals surface area contributed by atoms with E-state index >= 15 is 0 Å². The maximum absolute atomic E-state index is 12.4. The fourth-order valence-corrected chi connectivity index (χ4v) is 4.07. The van der Waals surface area contributed by atoms with Crippen LogP contribution in [0.5, 0.6) is 5.75 Å². The van der Waals surface area contributed by atoms with Crippen molar-refractivity contribution in [3.05, 3.63) is 64.1 Å². The Morgan fingerprint density at radius 2 is 2.03 bits per heavy atom. The normalized spacial score (nSPS) is 16.5. The molecule has 1 atom stereocenters. The third kappa shape index (κ3) is 4.32. The lowest BCUT2D eigenvalue weighted by Gasteiger charge is -2.31. The Balaban J connectivity index is 1.36. The van der Waals surface area contributed by atoms with Crippen molar-refractivity contribution in [1.82, 2.24) is 14.5 Å². The Morgan fingerprint density at radius 1 is 1.24 bits per heavy atom. The first kappa shape index (κ1) is 19.6. The fourth-order valence-electron chi connectivity index (χ4n) is 4.07. The number of benzene rings is 2. The molecule has 0 saturated carbocycles. The molecule has 1 aliphatic heterocycles. The zero-order valence-corrected chi connectivity index (χ0v) is 16.0. The highest BCUT2D eigenvalue weighted by Gasteiger charge is 2.31. The SMILES string of the molecule is CN(CCCc1cccc(OC(F)(F)F)c1)[C@@H]1Cc2cccc3[nH]c(=O)n(c23)C1. The minimum atomic E-state index is -4.68. The summed E-state index contributed by atoms with van der Waals surface area (Å²) in [4.78, 5) is 17.4. The molecule has 1 aliphatic rings. The lowest BCUT2D eigenvalue weighted by molar-refractivity contribution is -0.274. The van der Waals surface area contributed by atoms with Crippen LogP contribution in [0.25, 0.3) is 11.0 Å². The molecule has 3 aromatic rings. The van der Waals surface area contributed by atoms with Gasteiger partial charge in [-0.05, 0) is 62.2 Å². The molecule has 0 saturated heterocycles. The quantitative estimate of drug-likeness (QED) is 0.680. The smallest absolute Gasteiger partial charge is 0.406 e. The predicted molar refractivity (Wildman–Crippen MR) is 104 cm³/mol. The predicted octanol–water partition coefficient (Wildman–Crippen LogP) is 3.72. The van der Waals surface area contributed by atoms with E-state index < -0.39 is 6.36 Å². The van der Waals surface area contributed by atoms with E-state index in [0.717, 1.165) is 41.5 Å². The minimum Gasteiger partial charge on any atom is -0.406 e. The molecule has 154 valence electrons. The summed E-state index contributed by atoms with van der Waals surface area (Å²) in [5, 5.41) is 0. The topological polar surface area (TPSA) is 50.3 Å². The van der Waals surface area contributed by atoms with Crippen molar-refractivity contribution in [2.75, 3.05) is 13.6 Å². The van der Waals surface area contributed by atoms with Gasteiger partial charge in [-0.3, -0.25) is 4.57 Å². The summed E-state index contributed by atoms with van der Waals surface area (Å²) < 4.78 is 42.9. The molecule has 0 bridgehead atoms. The van der Waals surface area contributed by atoms with E-state index in [1.165, 1.54) is 12.1 Å². The van der Waals surface area contributed by atoms with Crippen LogP contribution in [0.2, 0.25) is 0 Å². The zero-order valence-electron chi connectivity index (χ0n) is 16.0. The van der Waals surface area contributed by atoms with Crippen LogP contribution in [0.4, 0.5) is 13.2 Å². The Bertz CT molecular complexity index is 1070. The van der Waals surface area contributed by atoms with Gasteiger partial charge in [0.05, 0.1) is 11.0 Å². The number of ether oxygens (including phenoxy) is 1.